The lowest BCUT2D eigenvalue weighted by Gasteiger charge is -2.26. The smallest absolute Gasteiger partial charge is 0.242 e. The number of sulfonamides is 1. The van der Waals surface area contributed by atoms with Crippen molar-refractivity contribution < 1.29 is 8.42 Å². The summed E-state index contributed by atoms with van der Waals surface area (Å²) >= 11 is 0. The van der Waals surface area contributed by atoms with Crippen molar-refractivity contribution in [2.45, 2.75) is 37.1 Å². The first kappa shape index (κ1) is 15.1. The molecule has 5 nitrogen and oxygen atoms in total. The van der Waals surface area contributed by atoms with Crippen LogP contribution in [0, 0.1) is 0 Å². The summed E-state index contributed by atoms with van der Waals surface area (Å²) in [5, 5.41) is 0. The van der Waals surface area contributed by atoms with Gasteiger partial charge in [0.2, 0.25) is 10.0 Å². The second-order valence-electron chi connectivity index (χ2n) is 5.43. The molecule has 0 radical (unpaired) electrons. The molecule has 0 spiro atoms. The molecule has 1 aliphatic carbocycles. The van der Waals surface area contributed by atoms with Crippen molar-refractivity contribution in [1.29, 1.82) is 0 Å². The summed E-state index contributed by atoms with van der Waals surface area (Å²) < 4.78 is 25.4. The quantitative estimate of drug-likeness (QED) is 0.814. The van der Waals surface area contributed by atoms with Crippen molar-refractivity contribution >= 4 is 21.4 Å². The van der Waals surface area contributed by atoms with E-state index in [1.54, 1.807) is 12.1 Å². The van der Waals surface area contributed by atoms with Gasteiger partial charge in [-0.1, -0.05) is 6.92 Å². The fourth-order valence-electron chi connectivity index (χ4n) is 2.29. The van der Waals surface area contributed by atoms with Crippen LogP contribution >= 0.6 is 0 Å². The summed E-state index contributed by atoms with van der Waals surface area (Å²) in [6, 6.07) is 5.61. The fraction of sp³-hybridized carbons (Fsp3) is 0.571. The van der Waals surface area contributed by atoms with Gasteiger partial charge in [0, 0.05) is 26.7 Å². The van der Waals surface area contributed by atoms with Crippen LogP contribution in [-0.2, 0) is 10.0 Å². The van der Waals surface area contributed by atoms with E-state index in [0.29, 0.717) is 11.7 Å². The van der Waals surface area contributed by atoms with E-state index in [1.807, 2.05) is 6.07 Å². The maximum absolute atomic E-state index is 12.1. The Morgan fingerprint density at radius 1 is 1.30 bits per heavy atom. The third-order valence-corrected chi connectivity index (χ3v) is 5.35. The fourth-order valence-corrected chi connectivity index (χ4v) is 3.23. The van der Waals surface area contributed by atoms with Crippen molar-refractivity contribution in [3.8, 4) is 0 Å². The molecule has 0 heterocycles. The Morgan fingerprint density at radius 3 is 2.40 bits per heavy atom. The van der Waals surface area contributed by atoms with Gasteiger partial charge in [0.05, 0.1) is 16.3 Å². The van der Waals surface area contributed by atoms with E-state index in [-0.39, 0.29) is 4.90 Å². The van der Waals surface area contributed by atoms with Gasteiger partial charge in [0.25, 0.3) is 0 Å². The Hall–Kier alpha value is -1.27. The molecule has 0 atom stereocenters. The van der Waals surface area contributed by atoms with Gasteiger partial charge in [0.15, 0.2) is 0 Å². The summed E-state index contributed by atoms with van der Waals surface area (Å²) in [7, 11) is -0.382. The van der Waals surface area contributed by atoms with Crippen molar-refractivity contribution in [2.24, 2.45) is 0 Å². The average Bonchev–Trinajstić information content (AvgIpc) is 3.20. The Bertz CT molecular complexity index is 580. The van der Waals surface area contributed by atoms with E-state index >= 15 is 0 Å². The van der Waals surface area contributed by atoms with Gasteiger partial charge >= 0.3 is 0 Å². The highest BCUT2D eigenvalue weighted by atomic mass is 32.2. The SMILES string of the molecule is CCCN(c1ccc(S(=O)(=O)N(C)C)cc1N)C1CC1. The standard InChI is InChI=1S/C14H23N3O2S/c1-4-9-17(11-5-6-11)14-8-7-12(10-13(14)15)20(18,19)16(2)3/h7-8,10-11H,4-6,9,15H2,1-3H3. The molecule has 0 saturated heterocycles. The van der Waals surface area contributed by atoms with Gasteiger partial charge < -0.3 is 10.6 Å². The minimum Gasteiger partial charge on any atom is -0.397 e. The number of hydrogen-bond acceptors (Lipinski definition) is 4. The van der Waals surface area contributed by atoms with Crippen LogP contribution in [-0.4, -0.2) is 39.4 Å². The first-order chi connectivity index (χ1) is 9.37. The molecule has 1 saturated carbocycles. The van der Waals surface area contributed by atoms with Crippen LogP contribution in [0.5, 0.6) is 0 Å². The van der Waals surface area contributed by atoms with Crippen LogP contribution < -0.4 is 10.6 Å². The number of nitrogens with zero attached hydrogens (tertiary/aromatic N) is 2. The Labute approximate surface area is 121 Å². The van der Waals surface area contributed by atoms with Crippen molar-refractivity contribution in [1.82, 2.24) is 4.31 Å². The topological polar surface area (TPSA) is 66.6 Å². The molecule has 0 aliphatic heterocycles. The molecule has 0 aromatic heterocycles. The zero-order valence-corrected chi connectivity index (χ0v) is 13.2. The second-order valence-corrected chi connectivity index (χ2v) is 7.58. The number of nitrogens with two attached hydrogens (primary N) is 1. The van der Waals surface area contributed by atoms with Gasteiger partial charge in [-0.05, 0) is 37.5 Å². The summed E-state index contributed by atoms with van der Waals surface area (Å²) in [6.07, 6.45) is 3.43. The minimum atomic E-state index is -3.42. The second kappa shape index (κ2) is 5.61. The number of nitrogen functional groups attached to an aromatic ring is 1. The number of hydrogen-bond donors (Lipinski definition) is 1. The average molecular weight is 297 g/mol. The van der Waals surface area contributed by atoms with E-state index in [0.717, 1.165) is 18.7 Å². The predicted octanol–water partition coefficient (Wildman–Crippen LogP) is 1.90. The molecule has 1 fully saturated rings. The first-order valence-corrected chi connectivity index (χ1v) is 8.40. The van der Waals surface area contributed by atoms with E-state index in [4.69, 9.17) is 5.73 Å². The summed E-state index contributed by atoms with van der Waals surface area (Å²) in [4.78, 5) is 2.54. The monoisotopic (exact) mass is 297 g/mol. The van der Waals surface area contributed by atoms with E-state index in [9.17, 15) is 8.42 Å². The highest BCUT2D eigenvalue weighted by molar-refractivity contribution is 7.89. The molecule has 112 valence electrons. The molecule has 0 amide bonds. The van der Waals surface area contributed by atoms with Crippen LogP contribution in [0.1, 0.15) is 26.2 Å². The Morgan fingerprint density at radius 2 is 1.95 bits per heavy atom. The van der Waals surface area contributed by atoms with Gasteiger partial charge in [-0.3, -0.25) is 0 Å². The van der Waals surface area contributed by atoms with Crippen molar-refractivity contribution in [2.75, 3.05) is 31.3 Å². The summed E-state index contributed by atoms with van der Waals surface area (Å²) in [6.45, 7) is 3.09. The molecule has 0 bridgehead atoms. The van der Waals surface area contributed by atoms with Crippen LogP contribution in [0.3, 0.4) is 0 Å². The molecule has 20 heavy (non-hydrogen) atoms. The number of rotatable bonds is 6. The zero-order chi connectivity index (χ0) is 14.9. The predicted molar refractivity (Wildman–Crippen MR) is 82.4 cm³/mol. The minimum absolute atomic E-state index is 0.246. The first-order valence-electron chi connectivity index (χ1n) is 6.96. The highest BCUT2D eigenvalue weighted by Gasteiger charge is 2.30. The summed E-state index contributed by atoms with van der Waals surface area (Å²) in [5.41, 5.74) is 7.58. The molecule has 1 aliphatic rings. The van der Waals surface area contributed by atoms with Crippen LogP contribution in [0.15, 0.2) is 23.1 Å². The lowest BCUT2D eigenvalue weighted by molar-refractivity contribution is 0.521. The van der Waals surface area contributed by atoms with Gasteiger partial charge in [-0.2, -0.15) is 0 Å². The lowest BCUT2D eigenvalue weighted by atomic mass is 10.2. The third kappa shape index (κ3) is 2.91. The highest BCUT2D eigenvalue weighted by Crippen LogP contribution is 2.36. The summed E-state index contributed by atoms with van der Waals surface area (Å²) in [5.74, 6) is 0. The molecule has 1 aromatic rings. The van der Waals surface area contributed by atoms with Crippen LogP contribution in [0.25, 0.3) is 0 Å². The molecule has 2 rings (SSSR count). The molecule has 0 unspecified atom stereocenters. The molecule has 2 N–H and O–H groups in total. The molecular formula is C14H23N3O2S. The van der Waals surface area contributed by atoms with E-state index in [1.165, 1.54) is 31.2 Å². The molecular weight excluding hydrogens is 274 g/mol. The van der Waals surface area contributed by atoms with Crippen molar-refractivity contribution in [3.63, 3.8) is 0 Å². The van der Waals surface area contributed by atoms with Crippen LogP contribution in [0.2, 0.25) is 0 Å². The van der Waals surface area contributed by atoms with Crippen LogP contribution in [0.4, 0.5) is 11.4 Å². The van der Waals surface area contributed by atoms with E-state index < -0.39 is 10.0 Å². The van der Waals surface area contributed by atoms with Gasteiger partial charge in [-0.25, -0.2) is 12.7 Å². The Kier molecular flexibility index (Phi) is 4.25. The normalized spacial score (nSPS) is 15.6. The maximum atomic E-state index is 12.1. The Balaban J connectivity index is 2.34. The molecule has 1 aromatic carbocycles. The van der Waals surface area contributed by atoms with Gasteiger partial charge in [-0.15, -0.1) is 0 Å². The van der Waals surface area contributed by atoms with Crippen molar-refractivity contribution in [3.05, 3.63) is 18.2 Å². The zero-order valence-electron chi connectivity index (χ0n) is 12.3. The molecule has 6 heteroatoms. The van der Waals surface area contributed by atoms with Gasteiger partial charge in [0.1, 0.15) is 0 Å². The number of anilines is 2. The largest absolute Gasteiger partial charge is 0.397 e. The lowest BCUT2D eigenvalue weighted by Crippen LogP contribution is -2.27. The third-order valence-electron chi connectivity index (χ3n) is 3.54. The number of benzene rings is 1. The van der Waals surface area contributed by atoms with E-state index in [2.05, 4.69) is 11.8 Å². The maximum Gasteiger partial charge on any atom is 0.242 e.